The lowest BCUT2D eigenvalue weighted by Crippen LogP contribution is -2.56. The van der Waals surface area contributed by atoms with Crippen LogP contribution in [0.1, 0.15) is 23.2 Å². The Kier molecular flexibility index (Phi) is 6.57. The molecule has 10 heteroatoms. The minimum Gasteiger partial charge on any atom is -0.497 e. The van der Waals surface area contributed by atoms with Crippen LogP contribution in [0.25, 0.3) is 11.1 Å². The predicted molar refractivity (Wildman–Crippen MR) is 134 cm³/mol. The molecular formula is C25H28N4O5S. The van der Waals surface area contributed by atoms with Gasteiger partial charge >= 0.3 is 0 Å². The van der Waals surface area contributed by atoms with Crippen molar-refractivity contribution in [3.05, 3.63) is 42.0 Å². The van der Waals surface area contributed by atoms with E-state index in [1.807, 2.05) is 18.2 Å². The van der Waals surface area contributed by atoms with Gasteiger partial charge in [-0.05, 0) is 42.7 Å². The van der Waals surface area contributed by atoms with E-state index in [-0.39, 0.29) is 29.8 Å². The number of fused-ring (bicyclic) bond motifs is 2. The standard InChI is InChI=1S/C25H28N4O5S/c1-33-16-4-5-17(22(11-16)34-2)14-3-6-19-18(9-14)25(32)29-8-7-15(10-21(29)24(31)28-19)27-23(30)20-12-35-13-26-20/h3-6,9,11,15,20-21,26H,7-8,10,12-13H2,1-2H3,(H,27,30)(H,28,31). The molecular weight excluding hydrogens is 468 g/mol. The number of hydrogen-bond donors (Lipinski definition) is 3. The van der Waals surface area contributed by atoms with Crippen molar-refractivity contribution in [2.24, 2.45) is 0 Å². The lowest BCUT2D eigenvalue weighted by molar-refractivity contribution is -0.125. The van der Waals surface area contributed by atoms with Gasteiger partial charge < -0.3 is 25.0 Å². The molecule has 0 bridgehead atoms. The molecule has 3 aliphatic heterocycles. The zero-order valence-corrected chi connectivity index (χ0v) is 20.4. The van der Waals surface area contributed by atoms with Crippen LogP contribution in [0, 0.1) is 0 Å². The topological polar surface area (TPSA) is 109 Å². The number of nitrogens with zero attached hydrogens (tertiary/aromatic N) is 1. The van der Waals surface area contributed by atoms with Crippen LogP contribution in [-0.4, -0.2) is 73.1 Å². The van der Waals surface area contributed by atoms with E-state index in [1.165, 1.54) is 0 Å². The normalized spacial score (nSPS) is 23.6. The summed E-state index contributed by atoms with van der Waals surface area (Å²) >= 11 is 1.69. The molecule has 35 heavy (non-hydrogen) atoms. The van der Waals surface area contributed by atoms with E-state index in [0.717, 1.165) is 22.8 Å². The predicted octanol–water partition coefficient (Wildman–Crippen LogP) is 2.07. The third-order valence-corrected chi connectivity index (χ3v) is 7.71. The first kappa shape index (κ1) is 23.5. The van der Waals surface area contributed by atoms with Crippen LogP contribution in [0.5, 0.6) is 11.5 Å². The minimum atomic E-state index is -0.640. The number of amides is 3. The summed E-state index contributed by atoms with van der Waals surface area (Å²) in [5.41, 5.74) is 2.54. The first-order valence-corrected chi connectivity index (χ1v) is 12.7. The molecule has 2 fully saturated rings. The van der Waals surface area contributed by atoms with E-state index in [9.17, 15) is 14.4 Å². The third kappa shape index (κ3) is 4.55. The molecule has 0 spiro atoms. The fraction of sp³-hybridized carbons (Fsp3) is 0.400. The van der Waals surface area contributed by atoms with Crippen LogP contribution in [0.4, 0.5) is 5.69 Å². The summed E-state index contributed by atoms with van der Waals surface area (Å²) in [6.07, 6.45) is 0.985. The Balaban J connectivity index is 1.38. The Morgan fingerprint density at radius 3 is 2.71 bits per heavy atom. The molecule has 0 saturated carbocycles. The van der Waals surface area contributed by atoms with E-state index in [2.05, 4.69) is 16.0 Å². The van der Waals surface area contributed by atoms with Crippen molar-refractivity contribution in [1.82, 2.24) is 15.5 Å². The van der Waals surface area contributed by atoms with Crippen LogP contribution < -0.4 is 25.4 Å². The Morgan fingerprint density at radius 1 is 1.11 bits per heavy atom. The number of carbonyl (C=O) groups is 3. The van der Waals surface area contributed by atoms with Gasteiger partial charge in [-0.25, -0.2) is 0 Å². The maximum Gasteiger partial charge on any atom is 0.256 e. The van der Waals surface area contributed by atoms with Crippen molar-refractivity contribution in [2.45, 2.75) is 31.0 Å². The molecule has 3 aliphatic rings. The smallest absolute Gasteiger partial charge is 0.256 e. The Labute approximate surface area is 207 Å². The van der Waals surface area contributed by atoms with Crippen molar-refractivity contribution in [1.29, 1.82) is 0 Å². The summed E-state index contributed by atoms with van der Waals surface area (Å²) in [6, 6.07) is 9.91. The van der Waals surface area contributed by atoms with Crippen LogP contribution in [-0.2, 0) is 9.59 Å². The van der Waals surface area contributed by atoms with Gasteiger partial charge in [-0.3, -0.25) is 19.7 Å². The van der Waals surface area contributed by atoms with Gasteiger partial charge in [-0.1, -0.05) is 6.07 Å². The quantitative estimate of drug-likeness (QED) is 0.582. The number of piperidine rings is 1. The molecule has 3 amide bonds. The van der Waals surface area contributed by atoms with Crippen LogP contribution >= 0.6 is 11.8 Å². The highest BCUT2D eigenvalue weighted by Crippen LogP contribution is 2.37. The summed E-state index contributed by atoms with van der Waals surface area (Å²) in [7, 11) is 3.18. The van der Waals surface area contributed by atoms with Gasteiger partial charge in [0.25, 0.3) is 5.91 Å². The summed E-state index contributed by atoms with van der Waals surface area (Å²) in [5, 5.41) is 9.16. The SMILES string of the molecule is COc1ccc(-c2ccc3c(c2)C(=O)N2CCC(NC(=O)C4CSCN4)CC2C(=O)N3)c(OC)c1. The molecule has 2 saturated heterocycles. The minimum absolute atomic E-state index is 0.0461. The van der Waals surface area contributed by atoms with Crippen molar-refractivity contribution in [3.8, 4) is 22.6 Å². The van der Waals surface area contributed by atoms with E-state index < -0.39 is 6.04 Å². The summed E-state index contributed by atoms with van der Waals surface area (Å²) in [6.45, 7) is 0.393. The molecule has 3 atom stereocenters. The van der Waals surface area contributed by atoms with Gasteiger partial charge in [-0.15, -0.1) is 11.8 Å². The molecule has 0 aliphatic carbocycles. The van der Waals surface area contributed by atoms with Gasteiger partial charge in [0.1, 0.15) is 17.5 Å². The van der Waals surface area contributed by atoms with Gasteiger partial charge in [0.05, 0.1) is 31.5 Å². The van der Waals surface area contributed by atoms with Crippen LogP contribution in [0.2, 0.25) is 0 Å². The Hall–Kier alpha value is -3.24. The van der Waals surface area contributed by atoms with Crippen molar-refractivity contribution >= 4 is 35.2 Å². The second-order valence-corrected chi connectivity index (χ2v) is 9.86. The number of thioether (sulfide) groups is 1. The second-order valence-electron chi connectivity index (χ2n) is 8.83. The Morgan fingerprint density at radius 2 is 1.97 bits per heavy atom. The van der Waals surface area contributed by atoms with E-state index in [0.29, 0.717) is 42.1 Å². The number of anilines is 1. The first-order valence-electron chi connectivity index (χ1n) is 11.6. The molecule has 184 valence electrons. The molecule has 0 radical (unpaired) electrons. The first-order chi connectivity index (χ1) is 17.0. The number of hydrogen-bond acceptors (Lipinski definition) is 7. The average Bonchev–Trinajstić information content (AvgIpc) is 3.40. The molecule has 5 rings (SSSR count). The molecule has 2 aromatic rings. The summed E-state index contributed by atoms with van der Waals surface area (Å²) in [5.74, 6) is 2.32. The average molecular weight is 497 g/mol. The van der Waals surface area contributed by atoms with Gasteiger partial charge in [-0.2, -0.15) is 0 Å². The molecule has 0 aromatic heterocycles. The zero-order valence-electron chi connectivity index (χ0n) is 19.6. The summed E-state index contributed by atoms with van der Waals surface area (Å²) < 4.78 is 10.8. The number of nitrogens with one attached hydrogen (secondary N) is 3. The van der Waals surface area contributed by atoms with E-state index in [1.54, 1.807) is 49.1 Å². The van der Waals surface area contributed by atoms with Crippen molar-refractivity contribution in [2.75, 3.05) is 37.7 Å². The molecule has 9 nitrogen and oxygen atoms in total. The van der Waals surface area contributed by atoms with Gasteiger partial charge in [0, 0.05) is 35.8 Å². The number of rotatable bonds is 5. The number of carbonyl (C=O) groups excluding carboxylic acids is 3. The molecule has 2 aromatic carbocycles. The fourth-order valence-electron chi connectivity index (χ4n) is 4.86. The zero-order chi connectivity index (χ0) is 24.5. The van der Waals surface area contributed by atoms with Gasteiger partial charge in [0.2, 0.25) is 11.8 Å². The third-order valence-electron chi connectivity index (χ3n) is 6.77. The van der Waals surface area contributed by atoms with Crippen LogP contribution in [0.15, 0.2) is 36.4 Å². The highest BCUT2D eigenvalue weighted by molar-refractivity contribution is 7.99. The second kappa shape index (κ2) is 9.79. The van der Waals surface area contributed by atoms with Crippen molar-refractivity contribution < 1.29 is 23.9 Å². The van der Waals surface area contributed by atoms with Gasteiger partial charge in [0.15, 0.2) is 0 Å². The maximum absolute atomic E-state index is 13.6. The van der Waals surface area contributed by atoms with E-state index in [4.69, 9.17) is 9.47 Å². The molecule has 3 heterocycles. The molecule has 3 N–H and O–H groups in total. The maximum atomic E-state index is 13.6. The summed E-state index contributed by atoms with van der Waals surface area (Å²) in [4.78, 5) is 40.9. The fourth-order valence-corrected chi connectivity index (χ4v) is 5.80. The number of ether oxygens (including phenoxy) is 2. The molecule has 3 unspecified atom stereocenters. The number of benzene rings is 2. The van der Waals surface area contributed by atoms with E-state index >= 15 is 0 Å². The van der Waals surface area contributed by atoms with Crippen molar-refractivity contribution in [3.63, 3.8) is 0 Å². The highest BCUT2D eigenvalue weighted by Gasteiger charge is 2.40. The van der Waals surface area contributed by atoms with Crippen LogP contribution in [0.3, 0.4) is 0 Å². The Bertz CT molecular complexity index is 1170. The lowest BCUT2D eigenvalue weighted by atomic mass is 9.95. The highest BCUT2D eigenvalue weighted by atomic mass is 32.2. The number of methoxy groups -OCH3 is 2. The largest absolute Gasteiger partial charge is 0.497 e. The monoisotopic (exact) mass is 496 g/mol. The lowest BCUT2D eigenvalue weighted by Gasteiger charge is -2.37.